The molecular formula is C15H14F5NO5. The van der Waals surface area contributed by atoms with Gasteiger partial charge in [0, 0.05) is 25.2 Å². The second-order valence-corrected chi connectivity index (χ2v) is 4.99. The van der Waals surface area contributed by atoms with E-state index < -0.39 is 46.8 Å². The Kier molecular flexibility index (Phi) is 7.97. The normalized spacial score (nSPS) is 14.7. The Bertz CT molecular complexity index is 659. The number of carboxylic acids is 2. The molecule has 1 aliphatic rings. The molecule has 2 rings (SSSR count). The highest BCUT2D eigenvalue weighted by Crippen LogP contribution is 2.30. The van der Waals surface area contributed by atoms with E-state index in [1.165, 1.54) is 5.06 Å². The number of carbonyl (C=O) groups is 2. The van der Waals surface area contributed by atoms with E-state index >= 15 is 0 Å². The van der Waals surface area contributed by atoms with Gasteiger partial charge in [0.15, 0.2) is 0 Å². The van der Waals surface area contributed by atoms with Gasteiger partial charge in [-0.2, -0.15) is 8.78 Å². The lowest BCUT2D eigenvalue weighted by atomic mass is 10.2. The fourth-order valence-corrected chi connectivity index (χ4v) is 1.89. The SMILES string of the molecule is Fc1c(F)c(F)c(ON2CCCCC2)c(F)c1F.O=C(O)/C=C/C(=O)O. The summed E-state index contributed by atoms with van der Waals surface area (Å²) in [6.07, 6.45) is 3.55. The molecule has 1 aliphatic heterocycles. The maximum atomic E-state index is 13.3. The first-order chi connectivity index (χ1) is 12.1. The third-order valence-corrected chi connectivity index (χ3v) is 3.07. The van der Waals surface area contributed by atoms with Crippen LogP contribution >= 0.6 is 0 Å². The van der Waals surface area contributed by atoms with Crippen LogP contribution in [-0.2, 0) is 9.59 Å². The summed E-state index contributed by atoms with van der Waals surface area (Å²) in [5.41, 5.74) is 0. The number of aliphatic carboxylic acids is 2. The van der Waals surface area contributed by atoms with Crippen LogP contribution in [0.2, 0.25) is 0 Å². The number of hydrogen-bond acceptors (Lipinski definition) is 4. The molecule has 0 saturated carbocycles. The first-order valence-electron chi connectivity index (χ1n) is 7.23. The van der Waals surface area contributed by atoms with Crippen molar-refractivity contribution in [1.82, 2.24) is 5.06 Å². The molecule has 0 amide bonds. The zero-order valence-corrected chi connectivity index (χ0v) is 13.1. The second-order valence-electron chi connectivity index (χ2n) is 4.99. The molecule has 11 heteroatoms. The van der Waals surface area contributed by atoms with Gasteiger partial charge in [-0.05, 0) is 12.8 Å². The zero-order chi connectivity index (χ0) is 19.9. The molecule has 0 aliphatic carbocycles. The molecule has 1 fully saturated rings. The Morgan fingerprint density at radius 3 is 1.54 bits per heavy atom. The molecule has 0 unspecified atom stereocenters. The van der Waals surface area contributed by atoms with E-state index in [1.807, 2.05) is 0 Å². The van der Waals surface area contributed by atoms with Gasteiger partial charge >= 0.3 is 11.9 Å². The van der Waals surface area contributed by atoms with Gasteiger partial charge in [-0.25, -0.2) is 22.8 Å². The van der Waals surface area contributed by atoms with Gasteiger partial charge < -0.3 is 15.1 Å². The number of halogens is 5. The largest absolute Gasteiger partial charge is 0.478 e. The number of hydrogen-bond donors (Lipinski definition) is 2. The summed E-state index contributed by atoms with van der Waals surface area (Å²) < 4.78 is 65.1. The van der Waals surface area contributed by atoms with E-state index in [1.54, 1.807) is 0 Å². The predicted molar refractivity (Wildman–Crippen MR) is 76.7 cm³/mol. The highest BCUT2D eigenvalue weighted by molar-refractivity contribution is 5.89. The number of hydroxylamine groups is 2. The average Bonchev–Trinajstić information content (AvgIpc) is 2.61. The molecule has 6 nitrogen and oxygen atoms in total. The van der Waals surface area contributed by atoms with Crippen molar-refractivity contribution < 1.29 is 46.6 Å². The van der Waals surface area contributed by atoms with Crippen LogP contribution in [0.15, 0.2) is 12.2 Å². The van der Waals surface area contributed by atoms with Crippen molar-refractivity contribution in [1.29, 1.82) is 0 Å². The molecule has 144 valence electrons. The second kappa shape index (κ2) is 9.70. The number of rotatable bonds is 4. The van der Waals surface area contributed by atoms with Crippen LogP contribution in [0.4, 0.5) is 22.0 Å². The average molecular weight is 383 g/mol. The van der Waals surface area contributed by atoms with Crippen LogP contribution in [0.1, 0.15) is 19.3 Å². The lowest BCUT2D eigenvalue weighted by Gasteiger charge is -2.26. The van der Waals surface area contributed by atoms with Gasteiger partial charge in [0.25, 0.3) is 0 Å². The Morgan fingerprint density at radius 1 is 0.769 bits per heavy atom. The monoisotopic (exact) mass is 383 g/mol. The van der Waals surface area contributed by atoms with Gasteiger partial charge in [0.2, 0.25) is 34.8 Å². The summed E-state index contributed by atoms with van der Waals surface area (Å²) in [6, 6.07) is 0. The molecule has 1 aromatic carbocycles. The van der Waals surface area contributed by atoms with Gasteiger partial charge in [0.05, 0.1) is 0 Å². The number of nitrogens with zero attached hydrogens (tertiary/aromatic N) is 1. The Balaban J connectivity index is 0.000000359. The maximum Gasteiger partial charge on any atom is 0.328 e. The topological polar surface area (TPSA) is 87.1 Å². The van der Waals surface area contributed by atoms with Crippen LogP contribution in [-0.4, -0.2) is 40.3 Å². The number of benzene rings is 1. The first kappa shape index (κ1) is 21.4. The van der Waals surface area contributed by atoms with Crippen LogP contribution in [0.5, 0.6) is 5.75 Å². The molecule has 0 aromatic heterocycles. The standard InChI is InChI=1S/C11H10F5NO.C4H4O4/c12-6-7(13)9(15)11(10(16)8(6)14)18-17-4-2-1-3-5-17;5-3(6)1-2-4(7)8/h1-5H2;1-2H,(H,5,6)(H,7,8)/b;2-1+. The van der Waals surface area contributed by atoms with Crippen LogP contribution in [0, 0.1) is 29.1 Å². The third kappa shape index (κ3) is 5.99. The third-order valence-electron chi connectivity index (χ3n) is 3.07. The first-order valence-corrected chi connectivity index (χ1v) is 7.23. The molecule has 26 heavy (non-hydrogen) atoms. The van der Waals surface area contributed by atoms with Crippen LogP contribution < -0.4 is 4.84 Å². The summed E-state index contributed by atoms with van der Waals surface area (Å²) in [5.74, 6) is -13.8. The number of carboxylic acid groups (broad SMARTS) is 2. The number of piperidine rings is 1. The molecular weight excluding hydrogens is 369 g/mol. The van der Waals surface area contributed by atoms with E-state index in [0.717, 1.165) is 19.3 Å². The van der Waals surface area contributed by atoms with Crippen molar-refractivity contribution in [2.45, 2.75) is 19.3 Å². The summed E-state index contributed by atoms with van der Waals surface area (Å²) in [7, 11) is 0. The van der Waals surface area contributed by atoms with Crippen molar-refractivity contribution in [3.63, 3.8) is 0 Å². The van der Waals surface area contributed by atoms with Gasteiger partial charge in [0.1, 0.15) is 0 Å². The zero-order valence-electron chi connectivity index (χ0n) is 13.1. The van der Waals surface area contributed by atoms with Crippen molar-refractivity contribution in [2.75, 3.05) is 13.1 Å². The summed E-state index contributed by atoms with van der Waals surface area (Å²) in [5, 5.41) is 16.8. The molecule has 0 atom stereocenters. The maximum absolute atomic E-state index is 13.3. The van der Waals surface area contributed by atoms with Crippen molar-refractivity contribution in [2.24, 2.45) is 0 Å². The Morgan fingerprint density at radius 2 is 1.15 bits per heavy atom. The van der Waals surface area contributed by atoms with Gasteiger partial charge in [-0.3, -0.25) is 0 Å². The fourth-order valence-electron chi connectivity index (χ4n) is 1.89. The molecule has 1 saturated heterocycles. The quantitative estimate of drug-likeness (QED) is 0.360. The van der Waals surface area contributed by atoms with Crippen molar-refractivity contribution >= 4 is 11.9 Å². The van der Waals surface area contributed by atoms with Crippen molar-refractivity contribution in [3.05, 3.63) is 41.2 Å². The van der Waals surface area contributed by atoms with E-state index in [0.29, 0.717) is 25.2 Å². The summed E-state index contributed by atoms with van der Waals surface area (Å²) in [6.45, 7) is 0.777. The fraction of sp³-hybridized carbons (Fsp3) is 0.333. The summed E-state index contributed by atoms with van der Waals surface area (Å²) in [4.78, 5) is 23.9. The molecule has 0 spiro atoms. The predicted octanol–water partition coefficient (Wildman–Crippen LogP) is 2.87. The highest BCUT2D eigenvalue weighted by Gasteiger charge is 2.29. The van der Waals surface area contributed by atoms with Gasteiger partial charge in [-0.1, -0.05) is 6.42 Å². The lowest BCUT2D eigenvalue weighted by Crippen LogP contribution is -2.33. The van der Waals surface area contributed by atoms with E-state index in [2.05, 4.69) is 0 Å². The van der Waals surface area contributed by atoms with Crippen LogP contribution in [0.25, 0.3) is 0 Å². The molecule has 2 N–H and O–H groups in total. The smallest absolute Gasteiger partial charge is 0.328 e. The van der Waals surface area contributed by atoms with E-state index in [4.69, 9.17) is 15.1 Å². The van der Waals surface area contributed by atoms with E-state index in [-0.39, 0.29) is 0 Å². The molecule has 1 heterocycles. The lowest BCUT2D eigenvalue weighted by molar-refractivity contribution is -0.134. The highest BCUT2D eigenvalue weighted by atomic mass is 19.2. The molecule has 0 bridgehead atoms. The van der Waals surface area contributed by atoms with Crippen LogP contribution in [0.3, 0.4) is 0 Å². The van der Waals surface area contributed by atoms with Crippen molar-refractivity contribution in [3.8, 4) is 5.75 Å². The summed E-state index contributed by atoms with van der Waals surface area (Å²) >= 11 is 0. The van der Waals surface area contributed by atoms with E-state index in [9.17, 15) is 31.5 Å². The molecule has 0 radical (unpaired) electrons. The minimum Gasteiger partial charge on any atom is -0.478 e. The Hall–Kier alpha value is -2.69. The Labute approximate surface area is 144 Å². The molecule has 1 aromatic rings. The van der Waals surface area contributed by atoms with Gasteiger partial charge in [-0.15, -0.1) is 5.06 Å². The minimum atomic E-state index is -2.18. The minimum absolute atomic E-state index is 0.388.